The highest BCUT2D eigenvalue weighted by Gasteiger charge is 2.41. The van der Waals surface area contributed by atoms with E-state index in [9.17, 15) is 19.2 Å². The highest BCUT2D eigenvalue weighted by Crippen LogP contribution is 2.31. The second kappa shape index (κ2) is 16.2. The molecule has 0 spiro atoms. The van der Waals surface area contributed by atoms with E-state index in [1.807, 2.05) is 76.2 Å². The number of nitrogens with zero attached hydrogens (tertiary/aromatic N) is 1. The third-order valence-corrected chi connectivity index (χ3v) is 7.49. The molecule has 0 fully saturated rings. The molecule has 0 aliphatic heterocycles. The first-order valence-corrected chi connectivity index (χ1v) is 16.1. The van der Waals surface area contributed by atoms with Crippen LogP contribution in [-0.4, -0.2) is 63.9 Å². The Bertz CT molecular complexity index is 1300. The highest BCUT2D eigenvalue weighted by molar-refractivity contribution is 7.80. The second-order valence-electron chi connectivity index (χ2n) is 13.4. The van der Waals surface area contributed by atoms with Crippen LogP contribution in [-0.2, 0) is 30.3 Å². The Balaban J connectivity index is 2.65. The van der Waals surface area contributed by atoms with E-state index in [0.29, 0.717) is 12.0 Å². The number of hydrogen-bond acceptors (Lipinski definition) is 7. The first kappa shape index (κ1) is 37.7. The highest BCUT2D eigenvalue weighted by atomic mass is 32.1. The molecule has 9 nitrogen and oxygen atoms in total. The molecule has 3 amide bonds. The van der Waals surface area contributed by atoms with Gasteiger partial charge in [0.1, 0.15) is 29.3 Å². The van der Waals surface area contributed by atoms with Gasteiger partial charge >= 0.3 is 12.1 Å². The van der Waals surface area contributed by atoms with Crippen LogP contribution in [0.25, 0.3) is 0 Å². The van der Waals surface area contributed by atoms with Gasteiger partial charge in [-0.15, -0.1) is 0 Å². The molecule has 0 bridgehead atoms. The van der Waals surface area contributed by atoms with Crippen molar-refractivity contribution in [2.24, 2.45) is 0 Å². The molecule has 2 aromatic rings. The third kappa shape index (κ3) is 11.4. The topological polar surface area (TPSA) is 114 Å². The zero-order valence-corrected chi connectivity index (χ0v) is 29.3. The molecule has 0 radical (unpaired) electrons. The maximum absolute atomic E-state index is 14.6. The molecule has 45 heavy (non-hydrogen) atoms. The van der Waals surface area contributed by atoms with Crippen LogP contribution in [0, 0.1) is 13.8 Å². The van der Waals surface area contributed by atoms with E-state index in [0.717, 1.165) is 16.7 Å². The van der Waals surface area contributed by atoms with Gasteiger partial charge in [0.05, 0.1) is 0 Å². The smallest absolute Gasteiger partial charge is 0.408 e. The second-order valence-corrected chi connectivity index (χ2v) is 13.7. The Morgan fingerprint density at radius 2 is 1.38 bits per heavy atom. The number of nitrogens with one attached hydrogen (secondary N) is 2. The number of carbonyl (C=O) groups excluding carboxylic acids is 4. The molecule has 4 unspecified atom stereocenters. The number of carbonyl (C=O) groups is 4. The first-order chi connectivity index (χ1) is 20.9. The lowest BCUT2D eigenvalue weighted by Crippen LogP contribution is -2.57. The van der Waals surface area contributed by atoms with Crippen LogP contribution < -0.4 is 10.6 Å². The van der Waals surface area contributed by atoms with Crippen molar-refractivity contribution in [2.75, 3.05) is 5.75 Å². The van der Waals surface area contributed by atoms with Crippen molar-refractivity contribution in [3.8, 4) is 0 Å². The van der Waals surface area contributed by atoms with E-state index in [1.165, 1.54) is 4.90 Å². The zero-order chi connectivity index (χ0) is 34.1. The molecule has 0 saturated heterocycles. The summed E-state index contributed by atoms with van der Waals surface area (Å²) < 4.78 is 11.1. The predicted octanol–water partition coefficient (Wildman–Crippen LogP) is 5.86. The number of benzene rings is 2. The van der Waals surface area contributed by atoms with E-state index in [2.05, 4.69) is 23.3 Å². The van der Waals surface area contributed by atoms with E-state index in [1.54, 1.807) is 41.5 Å². The van der Waals surface area contributed by atoms with Gasteiger partial charge in [-0.2, -0.15) is 12.6 Å². The average molecular weight is 642 g/mol. The molecule has 0 aromatic heterocycles. The van der Waals surface area contributed by atoms with Crippen molar-refractivity contribution >= 4 is 36.5 Å². The minimum atomic E-state index is -1.13. The summed E-state index contributed by atoms with van der Waals surface area (Å²) in [4.78, 5) is 56.6. The summed E-state index contributed by atoms with van der Waals surface area (Å²) >= 11 is 4.38. The van der Waals surface area contributed by atoms with Crippen molar-refractivity contribution < 1.29 is 28.7 Å². The summed E-state index contributed by atoms with van der Waals surface area (Å²) in [5.74, 6) is -1.64. The summed E-state index contributed by atoms with van der Waals surface area (Å²) in [6.07, 6.45) is -0.0523. The molecule has 0 heterocycles. The SMILES string of the molecule is CCC(C)N(C(=O)C(CS)NC(=O)OC(C)(C)C)C(C(=O)NC(Cc1ccccc1)C(=O)OC(C)(C)C)c1c(C)cccc1C. The average Bonchev–Trinajstić information content (AvgIpc) is 2.93. The number of rotatable bonds is 12. The van der Waals surface area contributed by atoms with Crippen molar-refractivity contribution in [1.29, 1.82) is 0 Å². The van der Waals surface area contributed by atoms with Crippen molar-refractivity contribution in [3.63, 3.8) is 0 Å². The van der Waals surface area contributed by atoms with Crippen molar-refractivity contribution in [3.05, 3.63) is 70.8 Å². The Morgan fingerprint density at radius 1 is 0.822 bits per heavy atom. The summed E-state index contributed by atoms with van der Waals surface area (Å²) in [5, 5.41) is 5.59. The molecule has 0 aliphatic carbocycles. The number of esters is 1. The van der Waals surface area contributed by atoms with Crippen LogP contribution >= 0.6 is 12.6 Å². The maximum Gasteiger partial charge on any atom is 0.408 e. The lowest BCUT2D eigenvalue weighted by atomic mass is 9.92. The Morgan fingerprint density at radius 3 is 1.87 bits per heavy atom. The molecule has 4 atom stereocenters. The molecule has 10 heteroatoms. The number of alkyl carbamates (subject to hydrolysis) is 1. The first-order valence-electron chi connectivity index (χ1n) is 15.4. The zero-order valence-electron chi connectivity index (χ0n) is 28.4. The fourth-order valence-corrected chi connectivity index (χ4v) is 5.18. The molecule has 2 aromatic carbocycles. The van der Waals surface area contributed by atoms with Gasteiger partial charge in [0.15, 0.2) is 0 Å². The van der Waals surface area contributed by atoms with Gasteiger partial charge in [-0.1, -0.05) is 55.5 Å². The number of amides is 3. The Labute approximate surface area is 274 Å². The van der Waals surface area contributed by atoms with Crippen LogP contribution in [0.5, 0.6) is 0 Å². The van der Waals surface area contributed by atoms with Crippen LogP contribution in [0.2, 0.25) is 0 Å². The van der Waals surface area contributed by atoms with Crippen LogP contribution in [0.15, 0.2) is 48.5 Å². The largest absolute Gasteiger partial charge is 0.458 e. The summed E-state index contributed by atoms with van der Waals surface area (Å²) in [7, 11) is 0. The molecule has 0 saturated carbocycles. The number of ether oxygens (including phenoxy) is 2. The molecule has 2 rings (SSSR count). The molecule has 248 valence electrons. The quantitative estimate of drug-likeness (QED) is 0.198. The van der Waals surface area contributed by atoms with Crippen LogP contribution in [0.1, 0.15) is 90.1 Å². The van der Waals surface area contributed by atoms with Crippen molar-refractivity contribution in [2.45, 2.75) is 117 Å². The molecular formula is C35H51N3O6S. The normalized spacial score (nSPS) is 14.4. The predicted molar refractivity (Wildman–Crippen MR) is 180 cm³/mol. The lowest BCUT2D eigenvalue weighted by molar-refractivity contribution is -0.159. The van der Waals surface area contributed by atoms with Gasteiger partial charge in [0.2, 0.25) is 11.8 Å². The van der Waals surface area contributed by atoms with Gasteiger partial charge < -0.3 is 25.0 Å². The standard InChI is InChI=1S/C35H51N3O6S/c1-11-24(4)38(31(40)27(21-45)37-33(42)44-35(8,9)10)29(28-22(2)16-15-17-23(28)3)30(39)36-26(32(41)43-34(5,6)7)20-25-18-13-12-14-19-25/h12-19,24,26-27,29,45H,11,20-21H2,1-10H3,(H,36,39)(H,37,42). The Kier molecular flexibility index (Phi) is 13.5. The lowest BCUT2D eigenvalue weighted by Gasteiger charge is -2.39. The van der Waals surface area contributed by atoms with Crippen molar-refractivity contribution in [1.82, 2.24) is 15.5 Å². The maximum atomic E-state index is 14.6. The van der Waals surface area contributed by atoms with Gasteiger partial charge in [-0.3, -0.25) is 9.59 Å². The van der Waals surface area contributed by atoms with E-state index in [4.69, 9.17) is 9.47 Å². The van der Waals surface area contributed by atoms with Crippen LogP contribution in [0.3, 0.4) is 0 Å². The summed E-state index contributed by atoms with van der Waals surface area (Å²) in [5.41, 5.74) is 1.52. The van der Waals surface area contributed by atoms with Crippen LogP contribution in [0.4, 0.5) is 4.79 Å². The Hall–Kier alpha value is -3.53. The minimum absolute atomic E-state index is 0.0271. The number of aryl methyl sites for hydroxylation is 2. The third-order valence-electron chi connectivity index (χ3n) is 7.12. The molecular weight excluding hydrogens is 590 g/mol. The fourth-order valence-electron chi connectivity index (χ4n) is 4.93. The van der Waals surface area contributed by atoms with E-state index in [-0.39, 0.29) is 12.2 Å². The summed E-state index contributed by atoms with van der Waals surface area (Å²) in [6.45, 7) is 18.0. The van der Waals surface area contributed by atoms with Gasteiger partial charge in [0, 0.05) is 18.2 Å². The van der Waals surface area contributed by atoms with E-state index >= 15 is 0 Å². The number of thiol groups is 1. The molecule has 0 aliphatic rings. The van der Waals surface area contributed by atoms with Gasteiger partial charge in [0.25, 0.3) is 0 Å². The van der Waals surface area contributed by atoms with Gasteiger partial charge in [-0.25, -0.2) is 9.59 Å². The van der Waals surface area contributed by atoms with Gasteiger partial charge in [-0.05, 0) is 91.0 Å². The molecule has 2 N–H and O–H groups in total. The van der Waals surface area contributed by atoms with E-state index < -0.39 is 59.2 Å². The number of hydrogen-bond donors (Lipinski definition) is 3. The summed E-state index contributed by atoms with van der Waals surface area (Å²) in [6, 6.07) is 11.3. The minimum Gasteiger partial charge on any atom is -0.458 e. The monoisotopic (exact) mass is 641 g/mol. The fraction of sp³-hybridized carbons (Fsp3) is 0.543.